The van der Waals surface area contributed by atoms with E-state index < -0.39 is 5.91 Å². The van der Waals surface area contributed by atoms with Crippen LogP contribution in [-0.2, 0) is 16.0 Å². The number of hydrogen-bond donors (Lipinski definition) is 2. The molecule has 2 aromatic carbocycles. The minimum Gasteiger partial charge on any atom is -0.493 e. The number of hydrogen-bond acceptors (Lipinski definition) is 4. The third-order valence-corrected chi connectivity index (χ3v) is 4.27. The summed E-state index contributed by atoms with van der Waals surface area (Å²) in [5.41, 5.74) is 6.95. The maximum Gasteiger partial charge on any atom is 0.276 e. The van der Waals surface area contributed by atoms with Crippen LogP contribution in [-0.4, -0.2) is 25.5 Å². The van der Waals surface area contributed by atoms with Gasteiger partial charge in [0.15, 0.2) is 18.1 Å². The number of carbonyl (C=O) groups excluding carboxylic acids is 2. The second-order valence-corrected chi connectivity index (χ2v) is 7.04. The van der Waals surface area contributed by atoms with Crippen molar-refractivity contribution in [1.82, 2.24) is 10.9 Å². The van der Waals surface area contributed by atoms with E-state index in [-0.39, 0.29) is 18.4 Å². The predicted molar refractivity (Wildman–Crippen MR) is 108 cm³/mol. The Bertz CT molecular complexity index is 787. The molecule has 2 amide bonds. The van der Waals surface area contributed by atoms with E-state index in [0.29, 0.717) is 17.4 Å². The Balaban J connectivity index is 1.81. The van der Waals surface area contributed by atoms with E-state index in [4.69, 9.17) is 9.47 Å². The standard InChI is InChI=1S/C22H28N2O4/c1-15(2)13-17-9-11-18(12-10-17)16(3)22(26)24-23-21(25)14-28-20-8-6-5-7-19(20)27-4/h5-12,15-16H,13-14H2,1-4H3,(H,23,25)(H,24,26). The fourth-order valence-electron chi connectivity index (χ4n) is 2.72. The normalized spacial score (nSPS) is 11.6. The largest absolute Gasteiger partial charge is 0.493 e. The van der Waals surface area contributed by atoms with Crippen molar-refractivity contribution in [2.24, 2.45) is 5.92 Å². The minimum absolute atomic E-state index is 0.237. The van der Waals surface area contributed by atoms with Crippen LogP contribution >= 0.6 is 0 Å². The second kappa shape index (κ2) is 10.3. The van der Waals surface area contributed by atoms with Crippen molar-refractivity contribution in [2.75, 3.05) is 13.7 Å². The number of benzene rings is 2. The highest BCUT2D eigenvalue weighted by Gasteiger charge is 2.16. The molecule has 2 rings (SSSR count). The Morgan fingerprint density at radius 2 is 1.57 bits per heavy atom. The molecule has 0 aliphatic rings. The van der Waals surface area contributed by atoms with Gasteiger partial charge in [0, 0.05) is 0 Å². The lowest BCUT2D eigenvalue weighted by Gasteiger charge is -2.15. The average molecular weight is 384 g/mol. The van der Waals surface area contributed by atoms with Crippen LogP contribution in [0.5, 0.6) is 11.5 Å². The lowest BCUT2D eigenvalue weighted by Crippen LogP contribution is -2.45. The van der Waals surface area contributed by atoms with Crippen LogP contribution in [0.4, 0.5) is 0 Å². The number of methoxy groups -OCH3 is 1. The summed E-state index contributed by atoms with van der Waals surface area (Å²) in [4.78, 5) is 24.2. The summed E-state index contributed by atoms with van der Waals surface area (Å²) in [5, 5.41) is 0. The van der Waals surface area contributed by atoms with Gasteiger partial charge in [-0.25, -0.2) is 0 Å². The van der Waals surface area contributed by atoms with Crippen LogP contribution in [0.1, 0.15) is 37.8 Å². The van der Waals surface area contributed by atoms with Crippen molar-refractivity contribution in [3.05, 3.63) is 59.7 Å². The summed E-state index contributed by atoms with van der Waals surface area (Å²) >= 11 is 0. The molecular formula is C22H28N2O4. The molecule has 0 aliphatic carbocycles. The SMILES string of the molecule is COc1ccccc1OCC(=O)NNC(=O)C(C)c1ccc(CC(C)C)cc1. The predicted octanol–water partition coefficient (Wildman–Crippen LogP) is 3.22. The van der Waals surface area contributed by atoms with Gasteiger partial charge in [-0.2, -0.15) is 0 Å². The van der Waals surface area contributed by atoms with Crippen LogP contribution in [0.3, 0.4) is 0 Å². The summed E-state index contributed by atoms with van der Waals surface area (Å²) in [6.07, 6.45) is 1.00. The number of para-hydroxylation sites is 2. The lowest BCUT2D eigenvalue weighted by atomic mass is 9.96. The Labute approximate surface area is 166 Å². The molecule has 0 bridgehead atoms. The van der Waals surface area contributed by atoms with Gasteiger partial charge in [0.2, 0.25) is 5.91 Å². The molecule has 0 saturated carbocycles. The second-order valence-electron chi connectivity index (χ2n) is 7.04. The highest BCUT2D eigenvalue weighted by molar-refractivity contribution is 5.86. The number of nitrogens with one attached hydrogen (secondary N) is 2. The van der Waals surface area contributed by atoms with Gasteiger partial charge < -0.3 is 9.47 Å². The molecule has 0 aromatic heterocycles. The van der Waals surface area contributed by atoms with Crippen LogP contribution in [0.2, 0.25) is 0 Å². The molecule has 0 radical (unpaired) electrons. The first-order valence-electron chi connectivity index (χ1n) is 9.34. The Morgan fingerprint density at radius 3 is 2.18 bits per heavy atom. The van der Waals surface area contributed by atoms with Crippen LogP contribution < -0.4 is 20.3 Å². The molecule has 150 valence electrons. The fourth-order valence-corrected chi connectivity index (χ4v) is 2.72. The highest BCUT2D eigenvalue weighted by atomic mass is 16.5. The topological polar surface area (TPSA) is 76.7 Å². The summed E-state index contributed by atoms with van der Waals surface area (Å²) < 4.78 is 10.6. The molecule has 0 heterocycles. The van der Waals surface area contributed by atoms with Gasteiger partial charge in [-0.3, -0.25) is 20.4 Å². The molecule has 2 N–H and O–H groups in total. The van der Waals surface area contributed by atoms with Gasteiger partial charge in [0.25, 0.3) is 5.91 Å². The molecule has 0 saturated heterocycles. The van der Waals surface area contributed by atoms with Crippen LogP contribution in [0.15, 0.2) is 48.5 Å². The minimum atomic E-state index is -0.460. The fraction of sp³-hybridized carbons (Fsp3) is 0.364. The van der Waals surface area contributed by atoms with Crippen molar-refractivity contribution in [2.45, 2.75) is 33.1 Å². The van der Waals surface area contributed by atoms with Crippen LogP contribution in [0, 0.1) is 5.92 Å². The van der Waals surface area contributed by atoms with Gasteiger partial charge in [-0.05, 0) is 42.5 Å². The van der Waals surface area contributed by atoms with Crippen LogP contribution in [0.25, 0.3) is 0 Å². The third-order valence-electron chi connectivity index (χ3n) is 4.27. The lowest BCUT2D eigenvalue weighted by molar-refractivity contribution is -0.130. The van der Waals surface area contributed by atoms with E-state index >= 15 is 0 Å². The highest BCUT2D eigenvalue weighted by Crippen LogP contribution is 2.25. The Kier molecular flexibility index (Phi) is 7.87. The van der Waals surface area contributed by atoms with Crippen molar-refractivity contribution in [1.29, 1.82) is 0 Å². The summed E-state index contributed by atoms with van der Waals surface area (Å²) in [6, 6.07) is 15.0. The molecule has 6 heteroatoms. The molecule has 1 unspecified atom stereocenters. The van der Waals surface area contributed by atoms with Gasteiger partial charge in [-0.15, -0.1) is 0 Å². The maximum atomic E-state index is 12.3. The molecule has 6 nitrogen and oxygen atoms in total. The quantitative estimate of drug-likeness (QED) is 0.685. The maximum absolute atomic E-state index is 12.3. The van der Waals surface area contributed by atoms with Gasteiger partial charge in [0.1, 0.15) is 0 Å². The third kappa shape index (κ3) is 6.30. The molecule has 0 aliphatic heterocycles. The number of carbonyl (C=O) groups is 2. The number of rotatable bonds is 8. The molecule has 0 spiro atoms. The average Bonchev–Trinajstić information content (AvgIpc) is 2.70. The molecule has 2 aromatic rings. The number of ether oxygens (including phenoxy) is 2. The Morgan fingerprint density at radius 1 is 0.929 bits per heavy atom. The van der Waals surface area contributed by atoms with Gasteiger partial charge in [-0.1, -0.05) is 50.2 Å². The van der Waals surface area contributed by atoms with Crippen molar-refractivity contribution < 1.29 is 19.1 Å². The van der Waals surface area contributed by atoms with Gasteiger partial charge >= 0.3 is 0 Å². The zero-order valence-corrected chi connectivity index (χ0v) is 16.8. The first-order chi connectivity index (χ1) is 13.4. The molecule has 1 atom stereocenters. The summed E-state index contributed by atoms with van der Waals surface area (Å²) in [5.74, 6) is 0.444. The van der Waals surface area contributed by atoms with E-state index in [2.05, 4.69) is 24.7 Å². The molecule has 0 fully saturated rings. The monoisotopic (exact) mass is 384 g/mol. The van der Waals surface area contributed by atoms with Gasteiger partial charge in [0.05, 0.1) is 13.0 Å². The van der Waals surface area contributed by atoms with E-state index in [9.17, 15) is 9.59 Å². The first kappa shape index (κ1) is 21.3. The first-order valence-corrected chi connectivity index (χ1v) is 9.34. The summed E-state index contributed by atoms with van der Waals surface area (Å²) in [7, 11) is 1.53. The zero-order valence-electron chi connectivity index (χ0n) is 16.8. The number of hydrazine groups is 1. The van der Waals surface area contributed by atoms with E-state index in [1.165, 1.54) is 12.7 Å². The molecule has 28 heavy (non-hydrogen) atoms. The molecular weight excluding hydrogens is 356 g/mol. The van der Waals surface area contributed by atoms with Crippen molar-refractivity contribution >= 4 is 11.8 Å². The van der Waals surface area contributed by atoms with E-state index in [0.717, 1.165) is 12.0 Å². The summed E-state index contributed by atoms with van der Waals surface area (Å²) in [6.45, 7) is 5.90. The Hall–Kier alpha value is -3.02. The van der Waals surface area contributed by atoms with E-state index in [1.807, 2.05) is 30.3 Å². The van der Waals surface area contributed by atoms with E-state index in [1.54, 1.807) is 25.1 Å². The zero-order chi connectivity index (χ0) is 20.5. The van der Waals surface area contributed by atoms with Crippen molar-refractivity contribution in [3.63, 3.8) is 0 Å². The number of amides is 2. The smallest absolute Gasteiger partial charge is 0.276 e. The van der Waals surface area contributed by atoms with Crippen molar-refractivity contribution in [3.8, 4) is 11.5 Å².